The molecule has 0 aliphatic carbocycles. The number of benzene rings is 1. The fourth-order valence-corrected chi connectivity index (χ4v) is 1.99. The third kappa shape index (κ3) is 3.21. The van der Waals surface area contributed by atoms with Crippen molar-refractivity contribution in [2.24, 2.45) is 0 Å². The Bertz CT molecular complexity index is 413. The van der Waals surface area contributed by atoms with E-state index >= 15 is 0 Å². The zero-order chi connectivity index (χ0) is 11.3. The van der Waals surface area contributed by atoms with Gasteiger partial charge < -0.3 is 0 Å². The van der Waals surface area contributed by atoms with E-state index in [0.29, 0.717) is 5.56 Å². The third-order valence-corrected chi connectivity index (χ3v) is 2.99. The maximum Gasteiger partial charge on any atom is 0.0991 e. The van der Waals surface area contributed by atoms with Crippen LogP contribution in [-0.4, -0.2) is 0 Å². The minimum atomic E-state index is 0.706. The summed E-state index contributed by atoms with van der Waals surface area (Å²) >= 11 is 3.55. The lowest BCUT2D eigenvalue weighted by molar-refractivity contribution is 0.962. The molecule has 0 saturated heterocycles. The Labute approximate surface area is 99.6 Å². The monoisotopic (exact) mass is 263 g/mol. The summed E-state index contributed by atoms with van der Waals surface area (Å²) in [5.41, 5.74) is 3.01. The maximum atomic E-state index is 8.83. The maximum absolute atomic E-state index is 8.83. The van der Waals surface area contributed by atoms with Crippen molar-refractivity contribution in [2.45, 2.75) is 26.7 Å². The fraction of sp³-hybridized carbons (Fsp3) is 0.308. The first-order valence-corrected chi connectivity index (χ1v) is 5.85. The summed E-state index contributed by atoms with van der Waals surface area (Å²) in [7, 11) is 0. The summed E-state index contributed by atoms with van der Waals surface area (Å²) in [6.07, 6.45) is 4.34. The first-order chi connectivity index (χ1) is 7.19. The summed E-state index contributed by atoms with van der Waals surface area (Å²) in [5.74, 6) is 0. The number of allylic oxidation sites excluding steroid dienone is 1. The summed E-state index contributed by atoms with van der Waals surface area (Å²) in [4.78, 5) is 0. The number of unbranched alkanes of at least 4 members (excludes halogenated alkanes) is 1. The molecule has 0 aromatic heterocycles. The molecule has 0 saturated carbocycles. The van der Waals surface area contributed by atoms with E-state index < -0.39 is 0 Å². The van der Waals surface area contributed by atoms with Gasteiger partial charge in [0, 0.05) is 4.48 Å². The standard InChI is InChI=1S/C13H14BrN/c1-3-4-5-13(14)12-8-11(9-15)7-6-10(12)2/h5-8H,3-4H2,1-2H3/b13-5+. The van der Waals surface area contributed by atoms with Crippen molar-refractivity contribution in [1.82, 2.24) is 0 Å². The third-order valence-electron chi connectivity index (χ3n) is 2.24. The highest BCUT2D eigenvalue weighted by atomic mass is 79.9. The second-order valence-corrected chi connectivity index (χ2v) is 4.34. The van der Waals surface area contributed by atoms with Gasteiger partial charge in [-0.2, -0.15) is 5.26 Å². The van der Waals surface area contributed by atoms with Crippen molar-refractivity contribution in [3.63, 3.8) is 0 Å². The molecule has 0 unspecified atom stereocenters. The highest BCUT2D eigenvalue weighted by Gasteiger charge is 2.03. The molecular formula is C13H14BrN. The lowest BCUT2D eigenvalue weighted by Gasteiger charge is -2.05. The van der Waals surface area contributed by atoms with Crippen LogP contribution in [0.2, 0.25) is 0 Å². The SMILES string of the molecule is CCC/C=C(/Br)c1cc(C#N)ccc1C. The Morgan fingerprint density at radius 1 is 1.53 bits per heavy atom. The Hall–Kier alpha value is -1.07. The average Bonchev–Trinajstić information content (AvgIpc) is 2.26. The molecule has 0 amide bonds. The predicted octanol–water partition coefficient (Wildman–Crippen LogP) is 4.40. The molecule has 0 aliphatic rings. The van der Waals surface area contributed by atoms with Crippen LogP contribution in [0.3, 0.4) is 0 Å². The molecule has 0 atom stereocenters. The molecule has 0 spiro atoms. The van der Waals surface area contributed by atoms with Gasteiger partial charge in [-0.05, 0) is 36.6 Å². The molecule has 0 fully saturated rings. The van der Waals surface area contributed by atoms with Crippen molar-refractivity contribution >= 4 is 20.4 Å². The lowest BCUT2D eigenvalue weighted by atomic mass is 10.0. The summed E-state index contributed by atoms with van der Waals surface area (Å²) in [6, 6.07) is 7.91. The van der Waals surface area contributed by atoms with Gasteiger partial charge in [0.25, 0.3) is 0 Å². The van der Waals surface area contributed by atoms with Crippen molar-refractivity contribution in [3.8, 4) is 6.07 Å². The molecule has 0 bridgehead atoms. The van der Waals surface area contributed by atoms with Crippen LogP contribution in [0.15, 0.2) is 24.3 Å². The van der Waals surface area contributed by atoms with Gasteiger partial charge in [0.1, 0.15) is 0 Å². The van der Waals surface area contributed by atoms with E-state index in [9.17, 15) is 0 Å². The van der Waals surface area contributed by atoms with Crippen molar-refractivity contribution in [2.75, 3.05) is 0 Å². The minimum Gasteiger partial charge on any atom is -0.192 e. The van der Waals surface area contributed by atoms with Gasteiger partial charge in [-0.25, -0.2) is 0 Å². The molecule has 1 nitrogen and oxygen atoms in total. The average molecular weight is 264 g/mol. The molecule has 0 radical (unpaired) electrons. The van der Waals surface area contributed by atoms with Gasteiger partial charge in [0.05, 0.1) is 11.6 Å². The molecule has 1 rings (SSSR count). The molecule has 0 heterocycles. The van der Waals surface area contributed by atoms with E-state index in [2.05, 4.69) is 41.9 Å². The van der Waals surface area contributed by atoms with Crippen LogP contribution in [0, 0.1) is 18.3 Å². The smallest absolute Gasteiger partial charge is 0.0991 e. The highest BCUT2D eigenvalue weighted by molar-refractivity contribution is 9.15. The minimum absolute atomic E-state index is 0.706. The molecule has 0 aliphatic heterocycles. The van der Waals surface area contributed by atoms with E-state index in [1.807, 2.05) is 18.2 Å². The van der Waals surface area contributed by atoms with Gasteiger partial charge in [0.15, 0.2) is 0 Å². The highest BCUT2D eigenvalue weighted by Crippen LogP contribution is 2.26. The zero-order valence-corrected chi connectivity index (χ0v) is 10.6. The van der Waals surface area contributed by atoms with E-state index in [-0.39, 0.29) is 0 Å². The van der Waals surface area contributed by atoms with Crippen LogP contribution in [0.5, 0.6) is 0 Å². The van der Waals surface area contributed by atoms with E-state index in [1.54, 1.807) is 0 Å². The van der Waals surface area contributed by atoms with Crippen LogP contribution >= 0.6 is 15.9 Å². The normalized spacial score (nSPS) is 11.2. The molecular weight excluding hydrogens is 250 g/mol. The van der Waals surface area contributed by atoms with Crippen molar-refractivity contribution in [3.05, 3.63) is 41.0 Å². The number of halogens is 1. The molecule has 1 aromatic rings. The Morgan fingerprint density at radius 3 is 2.87 bits per heavy atom. The number of hydrogen-bond donors (Lipinski definition) is 0. The van der Waals surface area contributed by atoms with Gasteiger partial charge in [-0.15, -0.1) is 0 Å². The van der Waals surface area contributed by atoms with Crippen LogP contribution in [0.25, 0.3) is 4.48 Å². The number of rotatable bonds is 3. The van der Waals surface area contributed by atoms with Crippen molar-refractivity contribution < 1.29 is 0 Å². The molecule has 78 valence electrons. The molecule has 1 aromatic carbocycles. The van der Waals surface area contributed by atoms with Crippen LogP contribution in [-0.2, 0) is 0 Å². The number of nitrogens with zero attached hydrogens (tertiary/aromatic N) is 1. The Balaban J connectivity index is 3.08. The Kier molecular flexibility index (Phi) is 4.58. The number of hydrogen-bond acceptors (Lipinski definition) is 1. The molecule has 0 N–H and O–H groups in total. The number of aryl methyl sites for hydroxylation is 1. The summed E-state index contributed by atoms with van der Waals surface area (Å²) < 4.78 is 1.08. The van der Waals surface area contributed by atoms with Gasteiger partial charge in [0.2, 0.25) is 0 Å². The molecule has 2 heteroatoms. The van der Waals surface area contributed by atoms with E-state index in [0.717, 1.165) is 22.9 Å². The predicted molar refractivity (Wildman–Crippen MR) is 67.7 cm³/mol. The second kappa shape index (κ2) is 5.72. The Morgan fingerprint density at radius 2 is 2.27 bits per heavy atom. The van der Waals surface area contributed by atoms with Crippen molar-refractivity contribution in [1.29, 1.82) is 5.26 Å². The lowest BCUT2D eigenvalue weighted by Crippen LogP contribution is -1.86. The zero-order valence-electron chi connectivity index (χ0n) is 9.05. The first kappa shape index (κ1) is 12.0. The topological polar surface area (TPSA) is 23.8 Å². The van der Waals surface area contributed by atoms with E-state index in [4.69, 9.17) is 5.26 Å². The fourth-order valence-electron chi connectivity index (χ4n) is 1.33. The van der Waals surface area contributed by atoms with Crippen LogP contribution in [0.1, 0.15) is 36.5 Å². The summed E-state index contributed by atoms with van der Waals surface area (Å²) in [5, 5.41) is 8.83. The van der Waals surface area contributed by atoms with E-state index in [1.165, 1.54) is 5.56 Å². The quantitative estimate of drug-likeness (QED) is 0.793. The number of nitriles is 1. The molecule has 15 heavy (non-hydrogen) atoms. The van der Waals surface area contributed by atoms with Crippen LogP contribution in [0.4, 0.5) is 0 Å². The van der Waals surface area contributed by atoms with Gasteiger partial charge in [-0.3, -0.25) is 0 Å². The van der Waals surface area contributed by atoms with Gasteiger partial charge in [-0.1, -0.05) is 41.4 Å². The summed E-state index contributed by atoms with van der Waals surface area (Å²) in [6.45, 7) is 4.20. The van der Waals surface area contributed by atoms with Gasteiger partial charge >= 0.3 is 0 Å². The second-order valence-electron chi connectivity index (χ2n) is 3.48. The van der Waals surface area contributed by atoms with Crippen LogP contribution < -0.4 is 0 Å². The first-order valence-electron chi connectivity index (χ1n) is 5.05. The largest absolute Gasteiger partial charge is 0.192 e.